The van der Waals surface area contributed by atoms with Crippen LogP contribution in [0.25, 0.3) is 0 Å². The van der Waals surface area contributed by atoms with E-state index in [4.69, 9.17) is 9.15 Å². The number of nitrogens with one attached hydrogen (secondary N) is 1. The van der Waals surface area contributed by atoms with Gasteiger partial charge in [-0.15, -0.1) is 0 Å². The van der Waals surface area contributed by atoms with Gasteiger partial charge in [-0.25, -0.2) is 4.98 Å². The first kappa shape index (κ1) is 17.2. The molecule has 0 radical (unpaired) electrons. The van der Waals surface area contributed by atoms with E-state index in [1.54, 1.807) is 6.20 Å². The SMILES string of the molecule is COc1coc(CN2CCC(Nc3ccnc(N(C)C)n3)C2)cc1=O. The van der Waals surface area contributed by atoms with Crippen LogP contribution in [0, 0.1) is 0 Å². The molecule has 0 saturated carbocycles. The first-order valence-electron chi connectivity index (χ1n) is 8.20. The lowest BCUT2D eigenvalue weighted by Crippen LogP contribution is -2.27. The average Bonchev–Trinajstić information content (AvgIpc) is 3.02. The van der Waals surface area contributed by atoms with Crippen LogP contribution in [0.15, 0.2) is 33.8 Å². The molecule has 3 heterocycles. The van der Waals surface area contributed by atoms with E-state index >= 15 is 0 Å². The third kappa shape index (κ3) is 4.27. The van der Waals surface area contributed by atoms with Crippen molar-refractivity contribution in [2.24, 2.45) is 0 Å². The average molecular weight is 345 g/mol. The highest BCUT2D eigenvalue weighted by Crippen LogP contribution is 2.18. The van der Waals surface area contributed by atoms with Crippen molar-refractivity contribution in [3.63, 3.8) is 0 Å². The molecular formula is C17H23N5O3. The highest BCUT2D eigenvalue weighted by atomic mass is 16.5. The minimum absolute atomic E-state index is 0.158. The van der Waals surface area contributed by atoms with E-state index in [1.807, 2.05) is 25.1 Å². The molecule has 2 aromatic rings. The van der Waals surface area contributed by atoms with Crippen LogP contribution in [0.1, 0.15) is 12.2 Å². The summed E-state index contributed by atoms with van der Waals surface area (Å²) in [6, 6.07) is 3.67. The van der Waals surface area contributed by atoms with E-state index in [0.717, 1.165) is 25.3 Å². The fourth-order valence-corrected chi connectivity index (χ4v) is 2.84. The predicted molar refractivity (Wildman–Crippen MR) is 95.2 cm³/mol. The van der Waals surface area contributed by atoms with E-state index in [2.05, 4.69) is 20.2 Å². The Morgan fingerprint density at radius 2 is 2.32 bits per heavy atom. The summed E-state index contributed by atoms with van der Waals surface area (Å²) >= 11 is 0. The third-order valence-electron chi connectivity index (χ3n) is 4.12. The van der Waals surface area contributed by atoms with Crippen molar-refractivity contribution in [1.82, 2.24) is 14.9 Å². The van der Waals surface area contributed by atoms with Gasteiger partial charge in [0.2, 0.25) is 17.1 Å². The van der Waals surface area contributed by atoms with Crippen LogP contribution >= 0.6 is 0 Å². The van der Waals surface area contributed by atoms with Gasteiger partial charge in [0.25, 0.3) is 0 Å². The maximum atomic E-state index is 11.8. The van der Waals surface area contributed by atoms with Gasteiger partial charge >= 0.3 is 0 Å². The van der Waals surface area contributed by atoms with Gasteiger partial charge in [-0.05, 0) is 12.5 Å². The number of rotatable bonds is 6. The van der Waals surface area contributed by atoms with Crippen LogP contribution in [0.5, 0.6) is 5.75 Å². The van der Waals surface area contributed by atoms with Crippen molar-refractivity contribution in [1.29, 1.82) is 0 Å². The molecule has 0 amide bonds. The van der Waals surface area contributed by atoms with Crippen molar-refractivity contribution < 1.29 is 9.15 Å². The zero-order valence-electron chi connectivity index (χ0n) is 14.7. The lowest BCUT2D eigenvalue weighted by molar-refractivity contribution is 0.286. The minimum atomic E-state index is -0.158. The van der Waals surface area contributed by atoms with Crippen LogP contribution in [0.3, 0.4) is 0 Å². The molecule has 134 valence electrons. The second kappa shape index (κ2) is 7.52. The summed E-state index contributed by atoms with van der Waals surface area (Å²) in [5.41, 5.74) is -0.158. The van der Waals surface area contributed by atoms with Gasteiger partial charge in [0.1, 0.15) is 17.8 Å². The molecule has 2 aromatic heterocycles. The molecule has 0 aromatic carbocycles. The van der Waals surface area contributed by atoms with Gasteiger partial charge in [0, 0.05) is 45.5 Å². The highest BCUT2D eigenvalue weighted by Gasteiger charge is 2.23. The molecule has 3 rings (SSSR count). The molecular weight excluding hydrogens is 322 g/mol. The molecule has 8 nitrogen and oxygen atoms in total. The zero-order chi connectivity index (χ0) is 17.8. The van der Waals surface area contributed by atoms with Gasteiger partial charge in [0.05, 0.1) is 13.7 Å². The van der Waals surface area contributed by atoms with Gasteiger partial charge < -0.3 is 19.4 Å². The van der Waals surface area contributed by atoms with Crippen molar-refractivity contribution in [2.45, 2.75) is 19.0 Å². The Hall–Kier alpha value is -2.61. The van der Waals surface area contributed by atoms with Crippen molar-refractivity contribution in [2.75, 3.05) is 44.5 Å². The molecule has 1 fully saturated rings. The molecule has 1 saturated heterocycles. The molecule has 1 unspecified atom stereocenters. The lowest BCUT2D eigenvalue weighted by atomic mass is 10.2. The summed E-state index contributed by atoms with van der Waals surface area (Å²) in [4.78, 5) is 24.6. The number of anilines is 2. The summed E-state index contributed by atoms with van der Waals surface area (Å²) in [6.07, 6.45) is 4.12. The quantitative estimate of drug-likeness (QED) is 0.836. The second-order valence-corrected chi connectivity index (χ2v) is 6.28. The molecule has 1 N–H and O–H groups in total. The first-order valence-corrected chi connectivity index (χ1v) is 8.20. The van der Waals surface area contributed by atoms with Crippen LogP contribution in [-0.4, -0.2) is 55.2 Å². The fraction of sp³-hybridized carbons (Fsp3) is 0.471. The largest absolute Gasteiger partial charge is 0.490 e. The molecule has 1 aliphatic heterocycles. The Kier molecular flexibility index (Phi) is 5.18. The fourth-order valence-electron chi connectivity index (χ4n) is 2.84. The monoisotopic (exact) mass is 345 g/mol. The minimum Gasteiger partial charge on any atom is -0.490 e. The van der Waals surface area contributed by atoms with Gasteiger partial charge in [-0.1, -0.05) is 0 Å². The summed E-state index contributed by atoms with van der Waals surface area (Å²) in [6.45, 7) is 2.39. The van der Waals surface area contributed by atoms with Crippen LogP contribution < -0.4 is 20.4 Å². The van der Waals surface area contributed by atoms with Crippen molar-refractivity contribution in [3.05, 3.63) is 40.6 Å². The highest BCUT2D eigenvalue weighted by molar-refractivity contribution is 5.41. The molecule has 25 heavy (non-hydrogen) atoms. The number of nitrogens with zero attached hydrogens (tertiary/aromatic N) is 4. The number of aromatic nitrogens is 2. The van der Waals surface area contributed by atoms with E-state index in [-0.39, 0.29) is 11.2 Å². The van der Waals surface area contributed by atoms with Gasteiger partial charge in [-0.2, -0.15) is 4.98 Å². The summed E-state index contributed by atoms with van der Waals surface area (Å²) in [5, 5.41) is 3.45. The topological polar surface area (TPSA) is 83.7 Å². The Balaban J connectivity index is 1.57. The van der Waals surface area contributed by atoms with Gasteiger partial charge in [0.15, 0.2) is 0 Å². The Morgan fingerprint density at radius 3 is 3.04 bits per heavy atom. The van der Waals surface area contributed by atoms with Crippen molar-refractivity contribution in [3.8, 4) is 5.75 Å². The normalized spacial score (nSPS) is 17.5. The third-order valence-corrected chi connectivity index (χ3v) is 4.12. The van der Waals surface area contributed by atoms with E-state index < -0.39 is 0 Å². The van der Waals surface area contributed by atoms with Gasteiger partial charge in [-0.3, -0.25) is 9.69 Å². The first-order chi connectivity index (χ1) is 12.0. The van der Waals surface area contributed by atoms with Crippen LogP contribution in [0.4, 0.5) is 11.8 Å². The number of likely N-dealkylation sites (tertiary alicyclic amines) is 1. The number of ether oxygens (including phenoxy) is 1. The smallest absolute Gasteiger partial charge is 0.227 e. The number of hydrogen-bond acceptors (Lipinski definition) is 8. The maximum absolute atomic E-state index is 11.8. The zero-order valence-corrected chi connectivity index (χ0v) is 14.7. The molecule has 1 aliphatic rings. The molecule has 0 spiro atoms. The maximum Gasteiger partial charge on any atom is 0.227 e. The Labute approximate surface area is 146 Å². The standard InChI is InChI=1S/C17H23N5O3/c1-21(2)17-18-6-4-16(20-17)19-12-5-7-22(9-12)10-13-8-14(23)15(24-3)11-25-13/h4,6,8,11-12H,5,7,9-10H2,1-3H3,(H,18,19,20). The van der Waals surface area contributed by atoms with E-state index in [9.17, 15) is 4.79 Å². The summed E-state index contributed by atoms with van der Waals surface area (Å²) < 4.78 is 10.4. The Morgan fingerprint density at radius 1 is 1.48 bits per heavy atom. The predicted octanol–water partition coefficient (Wildman–Crippen LogP) is 1.19. The molecule has 1 atom stereocenters. The van der Waals surface area contributed by atoms with E-state index in [0.29, 0.717) is 24.3 Å². The second-order valence-electron chi connectivity index (χ2n) is 6.28. The molecule has 8 heteroatoms. The number of methoxy groups -OCH3 is 1. The van der Waals surface area contributed by atoms with E-state index in [1.165, 1.54) is 19.4 Å². The Bertz CT molecular complexity index is 777. The molecule has 0 bridgehead atoms. The van der Waals surface area contributed by atoms with Crippen molar-refractivity contribution >= 4 is 11.8 Å². The summed E-state index contributed by atoms with van der Waals surface area (Å²) in [5.74, 6) is 2.37. The molecule has 0 aliphatic carbocycles. The summed E-state index contributed by atoms with van der Waals surface area (Å²) in [7, 11) is 5.29. The number of hydrogen-bond donors (Lipinski definition) is 1. The van der Waals surface area contributed by atoms with Crippen LogP contribution in [-0.2, 0) is 6.54 Å². The lowest BCUT2D eigenvalue weighted by Gasteiger charge is -2.17. The van der Waals surface area contributed by atoms with Crippen LogP contribution in [0.2, 0.25) is 0 Å².